The summed E-state index contributed by atoms with van der Waals surface area (Å²) in [5, 5.41) is 10.6. The van der Waals surface area contributed by atoms with Crippen molar-refractivity contribution < 1.29 is 19.4 Å². The number of benzene rings is 1. The zero-order valence-corrected chi connectivity index (χ0v) is 17.3. The first kappa shape index (κ1) is 20.9. The number of carbonyl (C=O) groups is 1. The highest BCUT2D eigenvalue weighted by molar-refractivity contribution is 5.77. The van der Waals surface area contributed by atoms with E-state index in [1.807, 2.05) is 30.0 Å². The van der Waals surface area contributed by atoms with Crippen LogP contribution in [0.1, 0.15) is 57.4 Å². The SMILES string of the molecule is COc1ccc(C2CN(C(=O)CCN)CC2(C)C(C)O)cc1OC1CCCC1. The lowest BCUT2D eigenvalue weighted by atomic mass is 9.72. The van der Waals surface area contributed by atoms with Crippen LogP contribution >= 0.6 is 0 Å². The first-order chi connectivity index (χ1) is 13.4. The average Bonchev–Trinajstić information content (AvgIpc) is 3.30. The first-order valence-corrected chi connectivity index (χ1v) is 10.4. The summed E-state index contributed by atoms with van der Waals surface area (Å²) in [5.41, 5.74) is 6.22. The summed E-state index contributed by atoms with van der Waals surface area (Å²) in [6.07, 6.45) is 4.57. The molecular formula is C22H34N2O4. The van der Waals surface area contributed by atoms with Gasteiger partial charge < -0.3 is 25.2 Å². The van der Waals surface area contributed by atoms with Gasteiger partial charge in [0.05, 0.1) is 19.3 Å². The summed E-state index contributed by atoms with van der Waals surface area (Å²) in [5.74, 6) is 1.55. The molecule has 1 aromatic rings. The topological polar surface area (TPSA) is 85.0 Å². The maximum Gasteiger partial charge on any atom is 0.223 e. The molecule has 28 heavy (non-hydrogen) atoms. The van der Waals surface area contributed by atoms with Crippen molar-refractivity contribution in [3.05, 3.63) is 23.8 Å². The van der Waals surface area contributed by atoms with Crippen LogP contribution in [0.4, 0.5) is 0 Å². The highest BCUT2D eigenvalue weighted by Gasteiger charge is 2.48. The van der Waals surface area contributed by atoms with Crippen LogP contribution in [0.15, 0.2) is 18.2 Å². The standard InChI is InChI=1S/C22H34N2O4/c1-15(25)22(2)14-24(21(26)10-11-23)13-18(22)16-8-9-19(27-3)20(12-16)28-17-6-4-5-7-17/h8-9,12,15,17-18,25H,4-7,10-11,13-14,23H2,1-3H3. The van der Waals surface area contributed by atoms with Crippen molar-refractivity contribution in [1.29, 1.82) is 0 Å². The molecule has 3 rings (SSSR count). The molecule has 1 aliphatic heterocycles. The minimum absolute atomic E-state index is 0.0195. The van der Waals surface area contributed by atoms with Crippen LogP contribution in [0.5, 0.6) is 11.5 Å². The van der Waals surface area contributed by atoms with Crippen molar-refractivity contribution in [2.24, 2.45) is 11.1 Å². The lowest BCUT2D eigenvalue weighted by Crippen LogP contribution is -2.38. The second kappa shape index (κ2) is 8.70. The highest BCUT2D eigenvalue weighted by Crippen LogP contribution is 2.47. The van der Waals surface area contributed by atoms with Crippen LogP contribution < -0.4 is 15.2 Å². The molecule has 3 atom stereocenters. The van der Waals surface area contributed by atoms with Gasteiger partial charge in [0.2, 0.25) is 5.91 Å². The largest absolute Gasteiger partial charge is 0.493 e. The number of methoxy groups -OCH3 is 1. The maximum absolute atomic E-state index is 12.4. The summed E-state index contributed by atoms with van der Waals surface area (Å²) in [7, 11) is 1.65. The highest BCUT2D eigenvalue weighted by atomic mass is 16.5. The number of nitrogens with zero attached hydrogens (tertiary/aromatic N) is 1. The van der Waals surface area contributed by atoms with Gasteiger partial charge in [-0.3, -0.25) is 4.79 Å². The molecular weight excluding hydrogens is 356 g/mol. The van der Waals surface area contributed by atoms with Crippen LogP contribution in [-0.2, 0) is 4.79 Å². The number of nitrogens with two attached hydrogens (primary N) is 1. The van der Waals surface area contributed by atoms with E-state index in [-0.39, 0.29) is 17.9 Å². The lowest BCUT2D eigenvalue weighted by molar-refractivity contribution is -0.130. The van der Waals surface area contributed by atoms with E-state index in [4.69, 9.17) is 15.2 Å². The molecule has 6 nitrogen and oxygen atoms in total. The summed E-state index contributed by atoms with van der Waals surface area (Å²) < 4.78 is 11.8. The van der Waals surface area contributed by atoms with Gasteiger partial charge in [-0.15, -0.1) is 0 Å². The molecule has 3 unspecified atom stereocenters. The number of carbonyl (C=O) groups excluding carboxylic acids is 1. The predicted molar refractivity (Wildman–Crippen MR) is 109 cm³/mol. The van der Waals surface area contributed by atoms with Gasteiger partial charge >= 0.3 is 0 Å². The fraction of sp³-hybridized carbons (Fsp3) is 0.682. The van der Waals surface area contributed by atoms with Gasteiger partial charge in [-0.05, 0) is 50.3 Å². The first-order valence-electron chi connectivity index (χ1n) is 10.4. The molecule has 0 aromatic heterocycles. The molecule has 6 heteroatoms. The molecule has 2 fully saturated rings. The van der Waals surface area contributed by atoms with E-state index in [1.54, 1.807) is 7.11 Å². The molecule has 1 aliphatic carbocycles. The zero-order valence-electron chi connectivity index (χ0n) is 17.3. The third-order valence-electron chi connectivity index (χ3n) is 6.58. The number of amides is 1. The predicted octanol–water partition coefficient (Wildman–Crippen LogP) is 2.68. The molecule has 1 saturated heterocycles. The van der Waals surface area contributed by atoms with Crippen molar-refractivity contribution in [2.45, 2.75) is 64.1 Å². The van der Waals surface area contributed by atoms with Crippen LogP contribution in [0, 0.1) is 5.41 Å². The Balaban J connectivity index is 1.89. The normalized spacial score (nSPS) is 26.5. The van der Waals surface area contributed by atoms with Crippen LogP contribution in [0.3, 0.4) is 0 Å². The van der Waals surface area contributed by atoms with Crippen LogP contribution in [-0.4, -0.2) is 54.9 Å². The number of rotatable bonds is 7. The number of aliphatic hydroxyl groups is 1. The smallest absolute Gasteiger partial charge is 0.223 e. The molecule has 1 amide bonds. The summed E-state index contributed by atoms with van der Waals surface area (Å²) in [6.45, 7) is 5.31. The van der Waals surface area contributed by atoms with Crippen molar-refractivity contribution in [2.75, 3.05) is 26.7 Å². The number of ether oxygens (including phenoxy) is 2. The minimum Gasteiger partial charge on any atom is -0.493 e. The fourth-order valence-corrected chi connectivity index (χ4v) is 4.58. The Morgan fingerprint density at radius 1 is 1.36 bits per heavy atom. The monoisotopic (exact) mass is 390 g/mol. The lowest BCUT2D eigenvalue weighted by Gasteiger charge is -2.34. The third kappa shape index (κ3) is 4.13. The number of likely N-dealkylation sites (tertiary alicyclic amines) is 1. The van der Waals surface area contributed by atoms with Crippen molar-refractivity contribution in [1.82, 2.24) is 4.90 Å². The molecule has 2 aliphatic rings. The Bertz CT molecular complexity index is 687. The van der Waals surface area contributed by atoms with E-state index < -0.39 is 11.5 Å². The van der Waals surface area contributed by atoms with Crippen molar-refractivity contribution >= 4 is 5.91 Å². The van der Waals surface area contributed by atoms with E-state index in [9.17, 15) is 9.90 Å². The number of aliphatic hydroxyl groups excluding tert-OH is 1. The summed E-state index contributed by atoms with van der Waals surface area (Å²) >= 11 is 0. The Morgan fingerprint density at radius 3 is 2.68 bits per heavy atom. The second-order valence-electron chi connectivity index (χ2n) is 8.48. The van der Waals surface area contributed by atoms with Crippen molar-refractivity contribution in [3.8, 4) is 11.5 Å². The molecule has 0 spiro atoms. The molecule has 3 N–H and O–H groups in total. The fourth-order valence-electron chi connectivity index (χ4n) is 4.58. The Kier molecular flexibility index (Phi) is 6.50. The van der Waals surface area contributed by atoms with Crippen molar-refractivity contribution in [3.63, 3.8) is 0 Å². The van der Waals surface area contributed by atoms with Gasteiger partial charge in [-0.1, -0.05) is 13.0 Å². The van der Waals surface area contributed by atoms with Gasteiger partial charge in [0.1, 0.15) is 0 Å². The zero-order chi connectivity index (χ0) is 20.3. The van der Waals surface area contributed by atoms with E-state index in [0.29, 0.717) is 26.1 Å². The number of hydrogen-bond donors (Lipinski definition) is 2. The van der Waals surface area contributed by atoms with E-state index in [0.717, 1.165) is 29.9 Å². The summed E-state index contributed by atoms with van der Waals surface area (Å²) in [6, 6.07) is 6.01. The molecule has 1 saturated carbocycles. The minimum atomic E-state index is -0.547. The van der Waals surface area contributed by atoms with Gasteiger partial charge in [-0.25, -0.2) is 0 Å². The Labute approximate surface area is 168 Å². The molecule has 1 heterocycles. The van der Waals surface area contributed by atoms with Crippen LogP contribution in [0.25, 0.3) is 0 Å². The van der Waals surface area contributed by atoms with E-state index in [2.05, 4.69) is 6.92 Å². The van der Waals surface area contributed by atoms with Gasteiger partial charge in [0.25, 0.3) is 0 Å². The Hall–Kier alpha value is -1.79. The van der Waals surface area contributed by atoms with E-state index in [1.165, 1.54) is 12.8 Å². The number of hydrogen-bond acceptors (Lipinski definition) is 5. The third-order valence-corrected chi connectivity index (χ3v) is 6.58. The van der Waals surface area contributed by atoms with Gasteiger partial charge in [0, 0.05) is 37.4 Å². The maximum atomic E-state index is 12.4. The molecule has 0 radical (unpaired) electrons. The van der Waals surface area contributed by atoms with Crippen LogP contribution in [0.2, 0.25) is 0 Å². The Morgan fingerprint density at radius 2 is 2.07 bits per heavy atom. The molecule has 156 valence electrons. The molecule has 1 aromatic carbocycles. The van der Waals surface area contributed by atoms with E-state index >= 15 is 0 Å². The average molecular weight is 391 g/mol. The second-order valence-corrected chi connectivity index (χ2v) is 8.48. The quantitative estimate of drug-likeness (QED) is 0.748. The summed E-state index contributed by atoms with van der Waals surface area (Å²) in [4.78, 5) is 14.3. The van der Waals surface area contributed by atoms with Gasteiger partial charge in [0.15, 0.2) is 11.5 Å². The molecule has 0 bridgehead atoms. The van der Waals surface area contributed by atoms with Gasteiger partial charge in [-0.2, -0.15) is 0 Å².